The van der Waals surface area contributed by atoms with E-state index in [1.54, 1.807) is 13.8 Å². The van der Waals surface area contributed by atoms with E-state index >= 15 is 0 Å². The van der Waals surface area contributed by atoms with Crippen LogP contribution in [0.2, 0.25) is 5.02 Å². The van der Waals surface area contributed by atoms with E-state index in [-0.39, 0.29) is 18.2 Å². The first-order valence-corrected chi connectivity index (χ1v) is 12.9. The molecule has 2 aromatic carbocycles. The normalized spacial score (nSPS) is 12.8. The van der Waals surface area contributed by atoms with E-state index in [1.807, 2.05) is 0 Å². The average Bonchev–Trinajstić information content (AvgIpc) is 2.74. The van der Waals surface area contributed by atoms with Crippen LogP contribution in [-0.4, -0.2) is 50.0 Å². The largest absolute Gasteiger partial charge is 0.417 e. The zero-order valence-corrected chi connectivity index (χ0v) is 21.5. The molecule has 2 rings (SSSR count). The number of hydrogen-bond donors (Lipinski definition) is 1. The third kappa shape index (κ3) is 7.57. The van der Waals surface area contributed by atoms with Crippen molar-refractivity contribution in [1.82, 2.24) is 10.2 Å². The van der Waals surface area contributed by atoms with Gasteiger partial charge >= 0.3 is 6.18 Å². The molecule has 1 atom stereocenters. The maximum Gasteiger partial charge on any atom is 0.417 e. The number of hydrogen-bond acceptors (Lipinski definition) is 4. The van der Waals surface area contributed by atoms with Crippen molar-refractivity contribution in [3.63, 3.8) is 0 Å². The molecule has 2 amide bonds. The molecule has 0 aliphatic carbocycles. The van der Waals surface area contributed by atoms with Crippen molar-refractivity contribution in [1.29, 1.82) is 0 Å². The van der Waals surface area contributed by atoms with Crippen LogP contribution in [0, 0.1) is 5.82 Å². The third-order valence-electron chi connectivity index (χ3n) is 5.12. The summed E-state index contributed by atoms with van der Waals surface area (Å²) in [6.45, 7) is 3.44. The number of carbonyl (C=O) groups excluding carboxylic acids is 2. The van der Waals surface area contributed by atoms with Crippen molar-refractivity contribution in [3.8, 4) is 0 Å². The highest BCUT2D eigenvalue weighted by Gasteiger charge is 2.35. The number of sulfonamides is 1. The summed E-state index contributed by atoms with van der Waals surface area (Å²) in [4.78, 5) is 27.0. The summed E-state index contributed by atoms with van der Waals surface area (Å²) in [5, 5.41) is 1.98. The highest BCUT2D eigenvalue weighted by atomic mass is 35.5. The molecule has 0 aliphatic heterocycles. The van der Waals surface area contributed by atoms with Gasteiger partial charge in [-0.1, -0.05) is 29.8 Å². The quantitative estimate of drug-likeness (QED) is 0.473. The molecule has 0 heterocycles. The fourth-order valence-electron chi connectivity index (χ4n) is 3.30. The van der Waals surface area contributed by atoms with Crippen molar-refractivity contribution in [3.05, 3.63) is 64.4 Å². The van der Waals surface area contributed by atoms with Crippen LogP contribution in [0.25, 0.3) is 0 Å². The standard InChI is InChI=1S/C23H26ClF4N3O4S/c1-14(2)29-22(33)15(3)30(12-16-7-5-6-8-20(16)25)21(32)13-31(36(4,34)35)17-9-10-19(24)18(11-17)23(26,27)28/h5-11,14-15H,12-13H2,1-4H3,(H,29,33). The SMILES string of the molecule is CC(C)NC(=O)C(C)N(Cc1ccccc1F)C(=O)CN(c1ccc(Cl)c(C(F)(F)F)c1)S(C)(=O)=O. The van der Waals surface area contributed by atoms with Crippen molar-refractivity contribution >= 4 is 39.1 Å². The lowest BCUT2D eigenvalue weighted by atomic mass is 10.1. The van der Waals surface area contributed by atoms with Crippen LogP contribution in [0.4, 0.5) is 23.2 Å². The Labute approximate surface area is 212 Å². The van der Waals surface area contributed by atoms with Gasteiger partial charge in [-0.3, -0.25) is 13.9 Å². The highest BCUT2D eigenvalue weighted by Crippen LogP contribution is 2.37. The summed E-state index contributed by atoms with van der Waals surface area (Å²) in [6, 6.07) is 6.49. The van der Waals surface area contributed by atoms with Gasteiger partial charge in [-0.05, 0) is 45.0 Å². The van der Waals surface area contributed by atoms with Gasteiger partial charge in [0.25, 0.3) is 0 Å². The van der Waals surface area contributed by atoms with E-state index in [9.17, 15) is 35.6 Å². The molecular formula is C23H26ClF4N3O4S. The highest BCUT2D eigenvalue weighted by molar-refractivity contribution is 7.92. The Hall–Kier alpha value is -2.86. The minimum Gasteiger partial charge on any atom is -0.352 e. The lowest BCUT2D eigenvalue weighted by molar-refractivity contribution is -0.139. The molecule has 0 radical (unpaired) electrons. The molecule has 0 saturated carbocycles. The van der Waals surface area contributed by atoms with Gasteiger partial charge in [0.15, 0.2) is 0 Å². The van der Waals surface area contributed by atoms with Crippen LogP contribution in [0.1, 0.15) is 31.9 Å². The topological polar surface area (TPSA) is 86.8 Å². The van der Waals surface area contributed by atoms with Gasteiger partial charge in [-0.15, -0.1) is 0 Å². The molecule has 0 aromatic heterocycles. The molecule has 0 aliphatic rings. The number of alkyl halides is 3. The Balaban J connectivity index is 2.50. The van der Waals surface area contributed by atoms with Crippen molar-refractivity contribution in [2.45, 2.75) is 45.6 Å². The lowest BCUT2D eigenvalue weighted by Gasteiger charge is -2.32. The fraction of sp³-hybridized carbons (Fsp3) is 0.391. The number of nitrogens with one attached hydrogen (secondary N) is 1. The first kappa shape index (κ1) is 29.4. The smallest absolute Gasteiger partial charge is 0.352 e. The predicted octanol–water partition coefficient (Wildman–Crippen LogP) is 4.21. The lowest BCUT2D eigenvalue weighted by Crippen LogP contribution is -2.52. The molecule has 2 aromatic rings. The molecular weight excluding hydrogens is 526 g/mol. The molecule has 198 valence electrons. The Morgan fingerprint density at radius 3 is 2.22 bits per heavy atom. The molecule has 0 fully saturated rings. The monoisotopic (exact) mass is 551 g/mol. The van der Waals surface area contributed by atoms with Crippen molar-refractivity contribution in [2.24, 2.45) is 0 Å². The Kier molecular flexibility index (Phi) is 9.35. The molecule has 36 heavy (non-hydrogen) atoms. The number of carbonyl (C=O) groups is 2. The van der Waals surface area contributed by atoms with Gasteiger partial charge in [0.2, 0.25) is 21.8 Å². The van der Waals surface area contributed by atoms with Crippen molar-refractivity contribution < 1.29 is 35.6 Å². The van der Waals surface area contributed by atoms with Crippen molar-refractivity contribution in [2.75, 3.05) is 17.1 Å². The predicted molar refractivity (Wildman–Crippen MR) is 128 cm³/mol. The van der Waals surface area contributed by atoms with E-state index in [0.29, 0.717) is 10.4 Å². The van der Waals surface area contributed by atoms with Crippen LogP contribution in [0.5, 0.6) is 0 Å². The molecule has 0 spiro atoms. The van der Waals surface area contributed by atoms with Gasteiger partial charge in [0.05, 0.1) is 22.5 Å². The summed E-state index contributed by atoms with van der Waals surface area (Å²) in [6.07, 6.45) is -4.15. The fourth-order valence-corrected chi connectivity index (χ4v) is 4.36. The third-order valence-corrected chi connectivity index (χ3v) is 6.59. The Morgan fingerprint density at radius 2 is 1.69 bits per heavy atom. The van der Waals surface area contributed by atoms with Crippen LogP contribution in [0.15, 0.2) is 42.5 Å². The van der Waals surface area contributed by atoms with E-state index in [4.69, 9.17) is 11.6 Å². The molecule has 0 bridgehead atoms. The number of nitrogens with zero attached hydrogens (tertiary/aromatic N) is 2. The first-order valence-electron chi connectivity index (χ1n) is 10.7. The van der Waals surface area contributed by atoms with Crippen LogP contribution in [-0.2, 0) is 32.3 Å². The first-order chi connectivity index (χ1) is 16.5. The molecule has 0 saturated heterocycles. The van der Waals surface area contributed by atoms with Gasteiger partial charge in [-0.25, -0.2) is 12.8 Å². The van der Waals surface area contributed by atoms with Crippen LogP contribution in [0.3, 0.4) is 0 Å². The molecule has 1 N–H and O–H groups in total. The minimum atomic E-state index is -4.87. The maximum atomic E-state index is 14.3. The van der Waals surface area contributed by atoms with Crippen LogP contribution >= 0.6 is 11.6 Å². The Morgan fingerprint density at radius 1 is 1.08 bits per heavy atom. The number of anilines is 1. The number of amides is 2. The van der Waals surface area contributed by atoms with Gasteiger partial charge in [0, 0.05) is 18.2 Å². The molecule has 1 unspecified atom stereocenters. The number of rotatable bonds is 9. The second-order valence-electron chi connectivity index (χ2n) is 8.38. The Bertz CT molecular complexity index is 1220. The summed E-state index contributed by atoms with van der Waals surface area (Å²) in [5.41, 5.74) is -1.67. The van der Waals surface area contributed by atoms with E-state index < -0.39 is 62.7 Å². The average molecular weight is 552 g/mol. The minimum absolute atomic E-state index is 0.0619. The zero-order valence-electron chi connectivity index (χ0n) is 19.9. The summed E-state index contributed by atoms with van der Waals surface area (Å²) in [7, 11) is -4.27. The van der Waals surface area contributed by atoms with E-state index in [1.165, 1.54) is 25.1 Å². The van der Waals surface area contributed by atoms with E-state index in [2.05, 4.69) is 5.32 Å². The van der Waals surface area contributed by atoms with Gasteiger partial charge in [-0.2, -0.15) is 13.2 Å². The second kappa shape index (κ2) is 11.5. The maximum absolute atomic E-state index is 14.3. The van der Waals surface area contributed by atoms with Gasteiger partial charge < -0.3 is 10.2 Å². The van der Waals surface area contributed by atoms with E-state index in [0.717, 1.165) is 29.4 Å². The summed E-state index contributed by atoms with van der Waals surface area (Å²) < 4.78 is 79.9. The number of halogens is 5. The second-order valence-corrected chi connectivity index (χ2v) is 10.7. The van der Waals surface area contributed by atoms with Gasteiger partial charge in [0.1, 0.15) is 18.4 Å². The summed E-state index contributed by atoms with van der Waals surface area (Å²) in [5.74, 6) is -2.16. The number of benzene rings is 2. The summed E-state index contributed by atoms with van der Waals surface area (Å²) >= 11 is 5.64. The zero-order chi connectivity index (χ0) is 27.4. The molecule has 13 heteroatoms. The molecule has 7 nitrogen and oxygen atoms in total. The van der Waals surface area contributed by atoms with Crippen LogP contribution < -0.4 is 9.62 Å².